The maximum Gasteiger partial charge on any atom is 0.168 e. The molecule has 4 nitrogen and oxygen atoms in total. The van der Waals surface area contributed by atoms with Crippen LogP contribution in [0, 0.1) is 5.92 Å². The second-order valence-electron chi connectivity index (χ2n) is 6.06. The first-order valence-electron chi connectivity index (χ1n) is 7.28. The molecule has 2 N–H and O–H groups in total. The van der Waals surface area contributed by atoms with Crippen molar-refractivity contribution in [3.63, 3.8) is 0 Å². The van der Waals surface area contributed by atoms with Crippen molar-refractivity contribution in [2.45, 2.75) is 63.8 Å². The van der Waals surface area contributed by atoms with Crippen LogP contribution in [0.25, 0.3) is 0 Å². The summed E-state index contributed by atoms with van der Waals surface area (Å²) in [5.41, 5.74) is 0. The maximum atomic E-state index is 9.40. The summed E-state index contributed by atoms with van der Waals surface area (Å²) in [6.07, 6.45) is 5.14. The summed E-state index contributed by atoms with van der Waals surface area (Å²) in [4.78, 5) is 0. The fourth-order valence-corrected chi connectivity index (χ4v) is 3.11. The molecule has 0 bridgehead atoms. The third kappa shape index (κ3) is 3.67. The molecule has 0 radical (unpaired) electrons. The van der Waals surface area contributed by atoms with Crippen LogP contribution < -0.4 is 5.32 Å². The van der Waals surface area contributed by atoms with Gasteiger partial charge in [-0.15, -0.1) is 0 Å². The van der Waals surface area contributed by atoms with Crippen LogP contribution in [0.5, 0.6) is 0 Å². The number of hydrogen-bond donors (Lipinski definition) is 2. The first kappa shape index (κ1) is 14.3. The second kappa shape index (κ2) is 6.33. The molecule has 1 saturated carbocycles. The average Bonchev–Trinajstić information content (AvgIpc) is 2.79. The van der Waals surface area contributed by atoms with Gasteiger partial charge in [0.2, 0.25) is 0 Å². The van der Waals surface area contributed by atoms with Gasteiger partial charge in [0.05, 0.1) is 19.8 Å². The lowest BCUT2D eigenvalue weighted by atomic mass is 9.89. The third-order valence-corrected chi connectivity index (χ3v) is 4.01. The van der Waals surface area contributed by atoms with E-state index in [1.165, 1.54) is 0 Å². The van der Waals surface area contributed by atoms with Gasteiger partial charge in [0.15, 0.2) is 5.79 Å². The highest BCUT2D eigenvalue weighted by molar-refractivity contribution is 4.87. The molecule has 2 aliphatic rings. The van der Waals surface area contributed by atoms with E-state index in [4.69, 9.17) is 9.47 Å². The predicted octanol–water partition coefficient (Wildman–Crippen LogP) is 1.67. The summed E-state index contributed by atoms with van der Waals surface area (Å²) in [7, 11) is 0. The van der Waals surface area contributed by atoms with Gasteiger partial charge in [-0.3, -0.25) is 0 Å². The highest BCUT2D eigenvalue weighted by atomic mass is 16.7. The van der Waals surface area contributed by atoms with Crippen molar-refractivity contribution in [1.29, 1.82) is 0 Å². The summed E-state index contributed by atoms with van der Waals surface area (Å²) in [5.74, 6) is 0.344. The monoisotopic (exact) mass is 257 g/mol. The number of hydrogen-bond acceptors (Lipinski definition) is 4. The lowest BCUT2D eigenvalue weighted by Gasteiger charge is -2.37. The molecule has 1 saturated heterocycles. The lowest BCUT2D eigenvalue weighted by molar-refractivity contribution is -0.179. The minimum Gasteiger partial charge on any atom is -0.395 e. The van der Waals surface area contributed by atoms with E-state index in [9.17, 15) is 5.11 Å². The fraction of sp³-hybridized carbons (Fsp3) is 1.00. The Bertz CT molecular complexity index is 241. The van der Waals surface area contributed by atoms with Crippen LogP contribution in [-0.2, 0) is 9.47 Å². The molecule has 0 amide bonds. The van der Waals surface area contributed by atoms with Gasteiger partial charge in [-0.25, -0.2) is 0 Å². The minimum absolute atomic E-state index is 0.229. The average molecular weight is 257 g/mol. The summed E-state index contributed by atoms with van der Waals surface area (Å²) in [6, 6.07) is 0.730. The van der Waals surface area contributed by atoms with E-state index in [1.54, 1.807) is 0 Å². The highest BCUT2D eigenvalue weighted by Gasteiger charge is 2.40. The number of aliphatic hydroxyl groups is 1. The molecule has 0 aromatic rings. The molecule has 1 aliphatic heterocycles. The van der Waals surface area contributed by atoms with Gasteiger partial charge in [-0.05, 0) is 25.2 Å². The van der Waals surface area contributed by atoms with Gasteiger partial charge in [-0.2, -0.15) is 0 Å². The Kier molecular flexibility index (Phi) is 5.01. The van der Waals surface area contributed by atoms with Crippen LogP contribution in [0.3, 0.4) is 0 Å². The molecular formula is C14H27NO3. The number of ether oxygens (including phenoxy) is 2. The maximum absolute atomic E-state index is 9.40. The van der Waals surface area contributed by atoms with Crippen molar-refractivity contribution in [3.8, 4) is 0 Å². The van der Waals surface area contributed by atoms with E-state index >= 15 is 0 Å². The van der Waals surface area contributed by atoms with Crippen molar-refractivity contribution in [2.24, 2.45) is 5.92 Å². The van der Waals surface area contributed by atoms with E-state index in [2.05, 4.69) is 19.2 Å². The molecule has 1 unspecified atom stereocenters. The zero-order valence-electron chi connectivity index (χ0n) is 11.7. The molecular weight excluding hydrogens is 230 g/mol. The smallest absolute Gasteiger partial charge is 0.168 e. The Labute approximate surface area is 110 Å². The standard InChI is InChI=1S/C14H27NO3/c1-11(2)9-13(10-16)15-12-3-5-14(6-4-12)17-7-8-18-14/h11-13,15-16H,3-10H2,1-2H3. The van der Waals surface area contributed by atoms with Crippen molar-refractivity contribution < 1.29 is 14.6 Å². The Balaban J connectivity index is 1.75. The highest BCUT2D eigenvalue weighted by Crippen LogP contribution is 2.35. The summed E-state index contributed by atoms with van der Waals surface area (Å²) >= 11 is 0. The quantitative estimate of drug-likeness (QED) is 0.786. The fourth-order valence-electron chi connectivity index (χ4n) is 3.11. The van der Waals surface area contributed by atoms with Crippen LogP contribution in [0.1, 0.15) is 46.0 Å². The number of aliphatic hydroxyl groups excluding tert-OH is 1. The van der Waals surface area contributed by atoms with Crippen LogP contribution in [-0.4, -0.2) is 42.8 Å². The Hall–Kier alpha value is -0.160. The molecule has 18 heavy (non-hydrogen) atoms. The van der Waals surface area contributed by atoms with E-state index in [1.807, 2.05) is 0 Å². The molecule has 1 aliphatic carbocycles. The van der Waals surface area contributed by atoms with Crippen LogP contribution in [0.4, 0.5) is 0 Å². The zero-order valence-corrected chi connectivity index (χ0v) is 11.7. The van der Waals surface area contributed by atoms with Gasteiger partial charge < -0.3 is 19.9 Å². The molecule has 0 aromatic carbocycles. The molecule has 0 aromatic heterocycles. The Morgan fingerprint density at radius 3 is 2.33 bits per heavy atom. The SMILES string of the molecule is CC(C)CC(CO)NC1CCC2(CC1)OCCO2. The molecule has 2 fully saturated rings. The van der Waals surface area contributed by atoms with Crippen molar-refractivity contribution >= 4 is 0 Å². The van der Waals surface area contributed by atoms with Gasteiger partial charge in [0, 0.05) is 24.9 Å². The molecule has 1 heterocycles. The van der Waals surface area contributed by atoms with E-state index < -0.39 is 0 Å². The van der Waals surface area contributed by atoms with Gasteiger partial charge >= 0.3 is 0 Å². The third-order valence-electron chi connectivity index (χ3n) is 4.01. The molecule has 1 spiro atoms. The van der Waals surface area contributed by atoms with Crippen LogP contribution >= 0.6 is 0 Å². The first-order valence-corrected chi connectivity index (χ1v) is 7.28. The van der Waals surface area contributed by atoms with Crippen LogP contribution in [0.2, 0.25) is 0 Å². The zero-order chi connectivity index (χ0) is 13.0. The Morgan fingerprint density at radius 2 is 1.83 bits per heavy atom. The van der Waals surface area contributed by atoms with Gasteiger partial charge in [-0.1, -0.05) is 13.8 Å². The van der Waals surface area contributed by atoms with E-state index in [0.717, 1.165) is 45.3 Å². The molecule has 2 rings (SSSR count). The largest absolute Gasteiger partial charge is 0.395 e. The van der Waals surface area contributed by atoms with Gasteiger partial charge in [0.25, 0.3) is 0 Å². The summed E-state index contributed by atoms with van der Waals surface area (Å²) < 4.78 is 11.5. The van der Waals surface area contributed by atoms with E-state index in [-0.39, 0.29) is 18.4 Å². The molecule has 4 heteroatoms. The topological polar surface area (TPSA) is 50.7 Å². The summed E-state index contributed by atoms with van der Waals surface area (Å²) in [6.45, 7) is 6.10. The molecule has 1 atom stereocenters. The van der Waals surface area contributed by atoms with Crippen molar-refractivity contribution in [3.05, 3.63) is 0 Å². The predicted molar refractivity (Wildman–Crippen MR) is 70.4 cm³/mol. The van der Waals surface area contributed by atoms with Crippen molar-refractivity contribution in [2.75, 3.05) is 19.8 Å². The second-order valence-corrected chi connectivity index (χ2v) is 6.06. The van der Waals surface area contributed by atoms with Crippen LogP contribution in [0.15, 0.2) is 0 Å². The molecule has 106 valence electrons. The van der Waals surface area contributed by atoms with E-state index in [0.29, 0.717) is 12.0 Å². The number of rotatable bonds is 5. The number of nitrogens with one attached hydrogen (secondary N) is 1. The Morgan fingerprint density at radius 1 is 1.22 bits per heavy atom. The first-order chi connectivity index (χ1) is 8.63. The van der Waals surface area contributed by atoms with Crippen molar-refractivity contribution in [1.82, 2.24) is 5.32 Å². The minimum atomic E-state index is -0.273. The lowest BCUT2D eigenvalue weighted by Crippen LogP contribution is -2.47. The summed E-state index contributed by atoms with van der Waals surface area (Å²) in [5, 5.41) is 13.0. The normalized spacial score (nSPS) is 26.0. The van der Waals surface area contributed by atoms with Gasteiger partial charge in [0.1, 0.15) is 0 Å².